The molecular weight excluding hydrogens is 240 g/mol. The van der Waals surface area contributed by atoms with Crippen molar-refractivity contribution in [2.45, 2.75) is 19.4 Å². The summed E-state index contributed by atoms with van der Waals surface area (Å²) in [6.07, 6.45) is 2.81. The average molecular weight is 256 g/mol. The summed E-state index contributed by atoms with van der Waals surface area (Å²) in [5.74, 6) is 1.22. The van der Waals surface area contributed by atoms with Crippen molar-refractivity contribution >= 4 is 16.8 Å². The molecule has 0 unspecified atom stereocenters. The van der Waals surface area contributed by atoms with Crippen LogP contribution in [-0.4, -0.2) is 36.1 Å². The number of furan rings is 1. The lowest BCUT2D eigenvalue weighted by atomic mass is 10.1. The summed E-state index contributed by atoms with van der Waals surface area (Å²) in [5.41, 5.74) is 1.71. The highest BCUT2D eigenvalue weighted by molar-refractivity contribution is 5.85. The van der Waals surface area contributed by atoms with E-state index in [1.807, 2.05) is 13.0 Å². The van der Waals surface area contributed by atoms with Gasteiger partial charge in [-0.2, -0.15) is 5.26 Å². The van der Waals surface area contributed by atoms with Gasteiger partial charge in [0.25, 0.3) is 0 Å². The van der Waals surface area contributed by atoms with E-state index in [9.17, 15) is 0 Å². The molecule has 0 radical (unpaired) electrons. The fourth-order valence-corrected chi connectivity index (χ4v) is 2.59. The molecule has 3 heterocycles. The van der Waals surface area contributed by atoms with Gasteiger partial charge in [-0.1, -0.05) is 0 Å². The molecule has 1 aliphatic heterocycles. The van der Waals surface area contributed by atoms with Crippen LogP contribution in [0, 0.1) is 18.3 Å². The van der Waals surface area contributed by atoms with Gasteiger partial charge >= 0.3 is 0 Å². The Morgan fingerprint density at radius 3 is 3.11 bits per heavy atom. The SMILES string of the molecule is Cc1c(N[C@@H]2CCN(C)C2)ncc2oc(C#N)cc12. The fraction of sp³-hybridized carbons (Fsp3) is 0.429. The molecule has 2 aromatic heterocycles. The first-order chi connectivity index (χ1) is 9.17. The number of rotatable bonds is 2. The Kier molecular flexibility index (Phi) is 2.88. The van der Waals surface area contributed by atoms with E-state index >= 15 is 0 Å². The van der Waals surface area contributed by atoms with E-state index in [1.165, 1.54) is 0 Å². The van der Waals surface area contributed by atoms with Crippen LogP contribution in [0.25, 0.3) is 11.0 Å². The summed E-state index contributed by atoms with van der Waals surface area (Å²) in [7, 11) is 2.13. The number of fused-ring (bicyclic) bond motifs is 1. The smallest absolute Gasteiger partial charge is 0.204 e. The molecule has 0 amide bonds. The standard InChI is InChI=1S/C14H16N4O/c1-9-12-5-11(6-15)19-13(12)7-16-14(9)17-10-3-4-18(2)8-10/h5,7,10H,3-4,8H2,1-2H3,(H,16,17)/t10-/m1/s1. The molecule has 98 valence electrons. The third-order valence-electron chi connectivity index (χ3n) is 3.67. The molecule has 1 atom stereocenters. The highest BCUT2D eigenvalue weighted by Crippen LogP contribution is 2.27. The molecule has 3 rings (SSSR count). The van der Waals surface area contributed by atoms with Crippen LogP contribution in [0.2, 0.25) is 0 Å². The van der Waals surface area contributed by atoms with Crippen LogP contribution in [0.4, 0.5) is 5.82 Å². The maximum Gasteiger partial charge on any atom is 0.204 e. The first-order valence-electron chi connectivity index (χ1n) is 6.41. The van der Waals surface area contributed by atoms with Crippen LogP contribution >= 0.6 is 0 Å². The largest absolute Gasteiger partial charge is 0.444 e. The van der Waals surface area contributed by atoms with Gasteiger partial charge in [0.15, 0.2) is 5.58 Å². The van der Waals surface area contributed by atoms with Crippen LogP contribution < -0.4 is 5.32 Å². The number of pyridine rings is 1. The van der Waals surface area contributed by atoms with Gasteiger partial charge < -0.3 is 14.6 Å². The van der Waals surface area contributed by atoms with Crippen molar-refractivity contribution in [3.05, 3.63) is 23.6 Å². The molecule has 2 aromatic rings. The van der Waals surface area contributed by atoms with Crippen LogP contribution in [0.15, 0.2) is 16.7 Å². The number of aryl methyl sites for hydroxylation is 1. The van der Waals surface area contributed by atoms with E-state index in [1.54, 1.807) is 12.3 Å². The predicted molar refractivity (Wildman–Crippen MR) is 73.0 cm³/mol. The van der Waals surface area contributed by atoms with Crippen molar-refractivity contribution in [2.75, 3.05) is 25.5 Å². The van der Waals surface area contributed by atoms with Crippen molar-refractivity contribution in [2.24, 2.45) is 0 Å². The molecule has 5 nitrogen and oxygen atoms in total. The zero-order valence-corrected chi connectivity index (χ0v) is 11.1. The van der Waals surface area contributed by atoms with Gasteiger partial charge in [-0.25, -0.2) is 4.98 Å². The average Bonchev–Trinajstić information content (AvgIpc) is 2.99. The topological polar surface area (TPSA) is 65.1 Å². The van der Waals surface area contributed by atoms with Gasteiger partial charge in [-0.05, 0) is 26.9 Å². The Morgan fingerprint density at radius 1 is 1.58 bits per heavy atom. The van der Waals surface area contributed by atoms with Gasteiger partial charge in [-0.15, -0.1) is 0 Å². The lowest BCUT2D eigenvalue weighted by Crippen LogP contribution is -2.24. The zero-order chi connectivity index (χ0) is 13.4. The monoisotopic (exact) mass is 256 g/mol. The number of likely N-dealkylation sites (N-methyl/N-ethyl adjacent to an activating group) is 1. The number of nitrogens with one attached hydrogen (secondary N) is 1. The van der Waals surface area contributed by atoms with E-state index in [0.29, 0.717) is 17.4 Å². The minimum Gasteiger partial charge on any atom is -0.444 e. The van der Waals surface area contributed by atoms with Gasteiger partial charge in [0, 0.05) is 29.6 Å². The third-order valence-corrected chi connectivity index (χ3v) is 3.67. The summed E-state index contributed by atoms with van der Waals surface area (Å²) >= 11 is 0. The highest BCUT2D eigenvalue weighted by atomic mass is 16.3. The third kappa shape index (κ3) is 2.15. The summed E-state index contributed by atoms with van der Waals surface area (Å²) < 4.78 is 5.38. The number of anilines is 1. The second-order valence-corrected chi connectivity index (χ2v) is 5.12. The van der Waals surface area contributed by atoms with Crippen LogP contribution in [0.3, 0.4) is 0 Å². The van der Waals surface area contributed by atoms with Gasteiger partial charge in [0.05, 0.1) is 6.20 Å². The Balaban J connectivity index is 1.92. The fourth-order valence-electron chi connectivity index (χ4n) is 2.59. The lowest BCUT2D eigenvalue weighted by Gasteiger charge is -2.15. The first kappa shape index (κ1) is 12.0. The van der Waals surface area contributed by atoms with Crippen molar-refractivity contribution < 1.29 is 4.42 Å². The molecule has 1 N–H and O–H groups in total. The number of hydrogen-bond donors (Lipinski definition) is 1. The summed E-state index contributed by atoms with van der Waals surface area (Å²) in [6.45, 7) is 4.16. The van der Waals surface area contributed by atoms with E-state index in [0.717, 1.165) is 36.3 Å². The molecule has 1 aliphatic rings. The Bertz CT molecular complexity index is 655. The Morgan fingerprint density at radius 2 is 2.42 bits per heavy atom. The number of nitrogens with zero attached hydrogens (tertiary/aromatic N) is 3. The van der Waals surface area contributed by atoms with E-state index in [2.05, 4.69) is 22.2 Å². The van der Waals surface area contributed by atoms with Crippen molar-refractivity contribution in [1.82, 2.24) is 9.88 Å². The normalized spacial score (nSPS) is 19.7. The maximum atomic E-state index is 8.87. The quantitative estimate of drug-likeness (QED) is 0.891. The molecule has 1 saturated heterocycles. The van der Waals surface area contributed by atoms with E-state index in [4.69, 9.17) is 9.68 Å². The van der Waals surface area contributed by atoms with E-state index in [-0.39, 0.29) is 0 Å². The van der Waals surface area contributed by atoms with Crippen molar-refractivity contribution in [3.63, 3.8) is 0 Å². The molecule has 0 aromatic carbocycles. The second-order valence-electron chi connectivity index (χ2n) is 5.12. The minimum atomic E-state index is 0.331. The zero-order valence-electron chi connectivity index (χ0n) is 11.1. The van der Waals surface area contributed by atoms with Crippen LogP contribution in [-0.2, 0) is 0 Å². The second kappa shape index (κ2) is 4.56. The lowest BCUT2D eigenvalue weighted by molar-refractivity contribution is 0.414. The summed E-state index contributed by atoms with van der Waals surface area (Å²) in [5, 5.41) is 13.3. The Labute approximate surface area is 111 Å². The summed E-state index contributed by atoms with van der Waals surface area (Å²) in [4.78, 5) is 6.71. The van der Waals surface area contributed by atoms with Crippen molar-refractivity contribution in [3.8, 4) is 6.07 Å². The van der Waals surface area contributed by atoms with Crippen molar-refractivity contribution in [1.29, 1.82) is 5.26 Å². The minimum absolute atomic E-state index is 0.331. The highest BCUT2D eigenvalue weighted by Gasteiger charge is 2.20. The molecule has 0 bridgehead atoms. The molecule has 0 spiro atoms. The first-order valence-corrected chi connectivity index (χ1v) is 6.41. The molecule has 1 fully saturated rings. The van der Waals surface area contributed by atoms with Gasteiger partial charge in [0.2, 0.25) is 5.76 Å². The summed E-state index contributed by atoms with van der Waals surface area (Å²) in [6, 6.07) is 4.24. The number of nitriles is 1. The number of likely N-dealkylation sites (tertiary alicyclic amines) is 1. The van der Waals surface area contributed by atoms with E-state index < -0.39 is 0 Å². The number of aromatic nitrogens is 1. The number of hydrogen-bond acceptors (Lipinski definition) is 5. The predicted octanol–water partition coefficient (Wildman–Crippen LogP) is 2.12. The van der Waals surface area contributed by atoms with Crippen LogP contribution in [0.1, 0.15) is 17.7 Å². The molecular formula is C14H16N4O. The Hall–Kier alpha value is -2.06. The molecule has 0 saturated carbocycles. The molecule has 5 heteroatoms. The maximum absolute atomic E-state index is 8.87. The van der Waals surface area contributed by atoms with Gasteiger partial charge in [0.1, 0.15) is 11.9 Å². The molecule has 19 heavy (non-hydrogen) atoms. The van der Waals surface area contributed by atoms with Gasteiger partial charge in [-0.3, -0.25) is 0 Å². The molecule has 0 aliphatic carbocycles. The van der Waals surface area contributed by atoms with Crippen LogP contribution in [0.5, 0.6) is 0 Å².